The Morgan fingerprint density at radius 3 is 3.12 bits per heavy atom. The van der Waals surface area contributed by atoms with Crippen molar-refractivity contribution in [1.29, 1.82) is 0 Å². The number of nitrogens with zero attached hydrogens (tertiary/aromatic N) is 3. The van der Waals surface area contributed by atoms with Crippen molar-refractivity contribution < 1.29 is 9.90 Å². The monoisotopic (exact) mass is 224 g/mol. The summed E-state index contributed by atoms with van der Waals surface area (Å²) >= 11 is 0. The lowest BCUT2D eigenvalue weighted by atomic mass is 10.1. The van der Waals surface area contributed by atoms with Crippen molar-refractivity contribution in [3.05, 3.63) is 17.7 Å². The standard InChI is InChI=1S/C10H16N4O2/c1-13(2)5-7-9-8(10(15)16)12-6-14(9)4-3-11-7/h6-7,11H,3-5H2,1-2H3,(H,15,16). The molecule has 0 saturated heterocycles. The molecule has 6 heteroatoms. The smallest absolute Gasteiger partial charge is 0.356 e. The Bertz CT molecular complexity index is 400. The summed E-state index contributed by atoms with van der Waals surface area (Å²) in [5.41, 5.74) is 0.950. The van der Waals surface area contributed by atoms with Crippen LogP contribution in [0.25, 0.3) is 0 Å². The Morgan fingerprint density at radius 2 is 2.50 bits per heavy atom. The highest BCUT2D eigenvalue weighted by Crippen LogP contribution is 2.21. The van der Waals surface area contributed by atoms with Gasteiger partial charge >= 0.3 is 5.97 Å². The Hall–Kier alpha value is -1.40. The van der Waals surface area contributed by atoms with Crippen LogP contribution < -0.4 is 5.32 Å². The predicted octanol–water partition coefficient (Wildman–Crippen LogP) is -0.213. The summed E-state index contributed by atoms with van der Waals surface area (Å²) in [7, 11) is 3.94. The van der Waals surface area contributed by atoms with Gasteiger partial charge in [-0.25, -0.2) is 9.78 Å². The number of likely N-dealkylation sites (N-methyl/N-ethyl adjacent to an activating group) is 1. The summed E-state index contributed by atoms with van der Waals surface area (Å²) in [6, 6.07) is 0.0392. The largest absolute Gasteiger partial charge is 0.476 e. The second-order valence-electron chi connectivity index (χ2n) is 4.25. The van der Waals surface area contributed by atoms with E-state index in [2.05, 4.69) is 10.3 Å². The number of rotatable bonds is 3. The molecular formula is C10H16N4O2. The van der Waals surface area contributed by atoms with E-state index in [9.17, 15) is 4.79 Å². The highest BCUT2D eigenvalue weighted by molar-refractivity contribution is 5.87. The van der Waals surface area contributed by atoms with Crippen LogP contribution in [-0.4, -0.2) is 52.7 Å². The maximum Gasteiger partial charge on any atom is 0.356 e. The fourth-order valence-electron chi connectivity index (χ4n) is 2.07. The lowest BCUT2D eigenvalue weighted by Crippen LogP contribution is -2.39. The van der Waals surface area contributed by atoms with E-state index >= 15 is 0 Å². The third-order valence-corrected chi connectivity index (χ3v) is 2.70. The Morgan fingerprint density at radius 1 is 1.75 bits per heavy atom. The quantitative estimate of drug-likeness (QED) is 0.743. The number of nitrogens with one attached hydrogen (secondary N) is 1. The molecule has 0 spiro atoms. The van der Waals surface area contributed by atoms with E-state index in [0.717, 1.165) is 25.3 Å². The van der Waals surface area contributed by atoms with Crippen LogP contribution in [0.3, 0.4) is 0 Å². The molecule has 1 aromatic rings. The van der Waals surface area contributed by atoms with Crippen LogP contribution in [-0.2, 0) is 6.54 Å². The predicted molar refractivity (Wildman–Crippen MR) is 58.5 cm³/mol. The van der Waals surface area contributed by atoms with Gasteiger partial charge in [-0.15, -0.1) is 0 Å². The van der Waals surface area contributed by atoms with Gasteiger partial charge in [-0.2, -0.15) is 0 Å². The summed E-state index contributed by atoms with van der Waals surface area (Å²) in [4.78, 5) is 17.0. The normalized spacial score (nSPS) is 19.8. The summed E-state index contributed by atoms with van der Waals surface area (Å²) in [6.45, 7) is 2.40. The Kier molecular flexibility index (Phi) is 2.93. The molecule has 2 heterocycles. The minimum Gasteiger partial charge on any atom is -0.476 e. The van der Waals surface area contributed by atoms with Crippen molar-refractivity contribution in [2.45, 2.75) is 12.6 Å². The number of fused-ring (bicyclic) bond motifs is 1. The third kappa shape index (κ3) is 1.94. The number of carboxylic acid groups (broad SMARTS) is 1. The second-order valence-corrected chi connectivity index (χ2v) is 4.25. The molecular weight excluding hydrogens is 208 g/mol. The maximum absolute atomic E-state index is 11.0. The molecule has 1 atom stereocenters. The molecule has 6 nitrogen and oxygen atoms in total. The SMILES string of the molecule is CN(C)CC1NCCn2cnc(C(=O)O)c21. The molecule has 0 amide bonds. The van der Waals surface area contributed by atoms with E-state index in [1.165, 1.54) is 0 Å². The van der Waals surface area contributed by atoms with Crippen molar-refractivity contribution in [3.8, 4) is 0 Å². The van der Waals surface area contributed by atoms with Crippen LogP contribution in [0.2, 0.25) is 0 Å². The van der Waals surface area contributed by atoms with Crippen molar-refractivity contribution >= 4 is 5.97 Å². The van der Waals surface area contributed by atoms with Crippen molar-refractivity contribution in [1.82, 2.24) is 19.8 Å². The molecule has 88 valence electrons. The summed E-state index contributed by atoms with van der Waals surface area (Å²) in [5, 5.41) is 12.4. The fraction of sp³-hybridized carbons (Fsp3) is 0.600. The number of aromatic nitrogens is 2. The molecule has 1 unspecified atom stereocenters. The van der Waals surface area contributed by atoms with E-state index in [1.54, 1.807) is 6.33 Å². The topological polar surface area (TPSA) is 70.4 Å². The van der Waals surface area contributed by atoms with E-state index in [4.69, 9.17) is 5.11 Å². The summed E-state index contributed by atoms with van der Waals surface area (Å²) in [6.07, 6.45) is 1.61. The number of aromatic carboxylic acids is 1. The minimum atomic E-state index is -0.957. The molecule has 0 aliphatic carbocycles. The summed E-state index contributed by atoms with van der Waals surface area (Å²) < 4.78 is 1.92. The first-order chi connectivity index (χ1) is 7.59. The maximum atomic E-state index is 11.0. The lowest BCUT2D eigenvalue weighted by Gasteiger charge is -2.28. The Labute approximate surface area is 93.9 Å². The van der Waals surface area contributed by atoms with Gasteiger partial charge in [0.1, 0.15) is 0 Å². The molecule has 1 aliphatic heterocycles. The van der Waals surface area contributed by atoms with Crippen LogP contribution in [0.5, 0.6) is 0 Å². The summed E-state index contributed by atoms with van der Waals surface area (Å²) in [5.74, 6) is -0.957. The van der Waals surface area contributed by atoms with Crippen LogP contribution in [0, 0.1) is 0 Å². The first kappa shape index (κ1) is 11.1. The van der Waals surface area contributed by atoms with E-state index in [0.29, 0.717) is 0 Å². The first-order valence-electron chi connectivity index (χ1n) is 5.26. The van der Waals surface area contributed by atoms with E-state index < -0.39 is 5.97 Å². The number of carboxylic acids is 1. The number of imidazole rings is 1. The van der Waals surface area contributed by atoms with Gasteiger partial charge < -0.3 is 19.9 Å². The highest BCUT2D eigenvalue weighted by Gasteiger charge is 2.27. The zero-order valence-corrected chi connectivity index (χ0v) is 9.47. The average Bonchev–Trinajstić information content (AvgIpc) is 2.61. The van der Waals surface area contributed by atoms with Crippen LogP contribution >= 0.6 is 0 Å². The molecule has 0 aromatic carbocycles. The van der Waals surface area contributed by atoms with Gasteiger partial charge in [0.2, 0.25) is 0 Å². The van der Waals surface area contributed by atoms with Crippen LogP contribution in [0.4, 0.5) is 0 Å². The second kappa shape index (κ2) is 4.23. The molecule has 16 heavy (non-hydrogen) atoms. The van der Waals surface area contributed by atoms with Crippen LogP contribution in [0.1, 0.15) is 22.2 Å². The number of carbonyl (C=O) groups is 1. The molecule has 2 rings (SSSR count). The van der Waals surface area contributed by atoms with E-state index in [-0.39, 0.29) is 11.7 Å². The van der Waals surface area contributed by atoms with Gasteiger partial charge in [0, 0.05) is 19.6 Å². The molecule has 0 fully saturated rings. The molecule has 0 bridgehead atoms. The van der Waals surface area contributed by atoms with Crippen molar-refractivity contribution in [3.63, 3.8) is 0 Å². The molecule has 1 aromatic heterocycles. The molecule has 1 aliphatic rings. The van der Waals surface area contributed by atoms with Gasteiger partial charge in [-0.05, 0) is 14.1 Å². The number of hydrogen-bond acceptors (Lipinski definition) is 4. The lowest BCUT2D eigenvalue weighted by molar-refractivity contribution is 0.0687. The third-order valence-electron chi connectivity index (χ3n) is 2.70. The van der Waals surface area contributed by atoms with E-state index in [1.807, 2.05) is 23.6 Å². The molecule has 0 saturated carbocycles. The van der Waals surface area contributed by atoms with Gasteiger partial charge in [-0.3, -0.25) is 0 Å². The zero-order valence-electron chi connectivity index (χ0n) is 9.47. The highest BCUT2D eigenvalue weighted by atomic mass is 16.4. The first-order valence-corrected chi connectivity index (χ1v) is 5.26. The van der Waals surface area contributed by atoms with Gasteiger partial charge in [-0.1, -0.05) is 0 Å². The van der Waals surface area contributed by atoms with Gasteiger partial charge in [0.25, 0.3) is 0 Å². The Balaban J connectivity index is 2.35. The van der Waals surface area contributed by atoms with Crippen molar-refractivity contribution in [2.24, 2.45) is 0 Å². The zero-order chi connectivity index (χ0) is 11.7. The minimum absolute atomic E-state index is 0.0392. The van der Waals surface area contributed by atoms with Gasteiger partial charge in [0.05, 0.1) is 18.1 Å². The van der Waals surface area contributed by atoms with Crippen molar-refractivity contribution in [2.75, 3.05) is 27.2 Å². The fourth-order valence-corrected chi connectivity index (χ4v) is 2.07. The molecule has 2 N–H and O–H groups in total. The van der Waals surface area contributed by atoms with Gasteiger partial charge in [0.15, 0.2) is 5.69 Å². The molecule has 0 radical (unpaired) electrons. The van der Waals surface area contributed by atoms with Crippen LogP contribution in [0.15, 0.2) is 6.33 Å². The number of hydrogen-bond donors (Lipinski definition) is 2. The average molecular weight is 224 g/mol.